The quantitative estimate of drug-likeness (QED) is 0.412. The molecular formula is C18H32N4O2. The number of aliphatic imine (C=N–C) groups is 1. The second kappa shape index (κ2) is 9.06. The molecular weight excluding hydrogens is 304 g/mol. The van der Waals surface area contributed by atoms with Crippen molar-refractivity contribution in [3.05, 3.63) is 17.0 Å². The smallest absolute Gasteiger partial charge is 0.190 e. The van der Waals surface area contributed by atoms with Crippen molar-refractivity contribution in [1.82, 2.24) is 15.8 Å². The van der Waals surface area contributed by atoms with E-state index in [1.807, 2.05) is 20.9 Å². The predicted molar refractivity (Wildman–Crippen MR) is 96.4 cm³/mol. The minimum Gasteiger partial charge on any atom is -0.385 e. The Kier molecular flexibility index (Phi) is 7.09. The first-order valence-electron chi connectivity index (χ1n) is 8.95. The summed E-state index contributed by atoms with van der Waals surface area (Å²) in [5, 5.41) is 10.9. The first-order chi connectivity index (χ1) is 11.6. The van der Waals surface area contributed by atoms with Gasteiger partial charge >= 0.3 is 0 Å². The maximum atomic E-state index is 5.25. The number of guanidine groups is 1. The Balaban J connectivity index is 1.69. The lowest BCUT2D eigenvalue weighted by Crippen LogP contribution is -2.47. The van der Waals surface area contributed by atoms with E-state index in [-0.39, 0.29) is 0 Å². The van der Waals surface area contributed by atoms with Crippen molar-refractivity contribution < 1.29 is 9.26 Å². The minimum atomic E-state index is 0.393. The normalized spacial score (nSPS) is 16.8. The zero-order valence-electron chi connectivity index (χ0n) is 15.6. The van der Waals surface area contributed by atoms with Crippen LogP contribution in [0.4, 0.5) is 0 Å². The third-order valence-electron chi connectivity index (χ3n) is 5.18. The van der Waals surface area contributed by atoms with E-state index in [9.17, 15) is 0 Å². The number of nitrogens with one attached hydrogen (secondary N) is 2. The number of rotatable bonds is 9. The Hall–Kier alpha value is -1.56. The van der Waals surface area contributed by atoms with Crippen molar-refractivity contribution in [2.45, 2.75) is 52.4 Å². The maximum Gasteiger partial charge on any atom is 0.190 e. The molecule has 6 heteroatoms. The van der Waals surface area contributed by atoms with E-state index in [0.717, 1.165) is 56.4 Å². The first kappa shape index (κ1) is 18.8. The highest BCUT2D eigenvalue weighted by molar-refractivity contribution is 5.79. The number of hydrogen-bond acceptors (Lipinski definition) is 4. The number of nitrogens with zero attached hydrogens (tertiary/aromatic N) is 2. The van der Waals surface area contributed by atoms with E-state index in [4.69, 9.17) is 9.26 Å². The van der Waals surface area contributed by atoms with Gasteiger partial charge in [-0.15, -0.1) is 0 Å². The molecule has 0 aliphatic heterocycles. The van der Waals surface area contributed by atoms with Crippen LogP contribution < -0.4 is 10.6 Å². The van der Waals surface area contributed by atoms with Crippen LogP contribution in [0.2, 0.25) is 0 Å². The summed E-state index contributed by atoms with van der Waals surface area (Å²) in [6.45, 7) is 6.67. The van der Waals surface area contributed by atoms with Gasteiger partial charge in [-0.25, -0.2) is 0 Å². The van der Waals surface area contributed by atoms with Gasteiger partial charge in [-0.3, -0.25) is 4.99 Å². The molecule has 0 unspecified atom stereocenters. The molecule has 0 atom stereocenters. The Morgan fingerprint density at radius 2 is 2.12 bits per heavy atom. The number of ether oxygens (including phenoxy) is 1. The molecule has 2 N–H and O–H groups in total. The molecule has 1 aromatic heterocycles. The van der Waals surface area contributed by atoms with E-state index < -0.39 is 0 Å². The molecule has 2 rings (SSSR count). The zero-order valence-corrected chi connectivity index (χ0v) is 15.6. The summed E-state index contributed by atoms with van der Waals surface area (Å²) >= 11 is 0. The Labute approximate surface area is 145 Å². The topological polar surface area (TPSA) is 71.7 Å². The molecule has 24 heavy (non-hydrogen) atoms. The van der Waals surface area contributed by atoms with Gasteiger partial charge in [0.1, 0.15) is 5.76 Å². The summed E-state index contributed by atoms with van der Waals surface area (Å²) in [5.74, 6) is 1.82. The number of hydrogen-bond donors (Lipinski definition) is 2. The summed E-state index contributed by atoms with van der Waals surface area (Å²) < 4.78 is 10.5. The highest BCUT2D eigenvalue weighted by Gasteiger charge is 2.36. The van der Waals surface area contributed by atoms with Crippen LogP contribution >= 0.6 is 0 Å². The van der Waals surface area contributed by atoms with Gasteiger partial charge in [0, 0.05) is 39.4 Å². The molecule has 0 radical (unpaired) electrons. The van der Waals surface area contributed by atoms with Crippen LogP contribution in [0.3, 0.4) is 0 Å². The SMILES string of the molecule is CN=C(NCCCc1c(C)noc1C)NCC1(CCOC)CCC1. The third-order valence-corrected chi connectivity index (χ3v) is 5.18. The van der Waals surface area contributed by atoms with Gasteiger partial charge in [-0.05, 0) is 51.4 Å². The predicted octanol–water partition coefficient (Wildman–Crippen LogP) is 2.60. The lowest BCUT2D eigenvalue weighted by atomic mass is 9.67. The van der Waals surface area contributed by atoms with Crippen LogP contribution in [0.1, 0.15) is 49.1 Å². The van der Waals surface area contributed by atoms with E-state index in [1.165, 1.54) is 24.8 Å². The fourth-order valence-corrected chi connectivity index (χ4v) is 3.33. The van der Waals surface area contributed by atoms with Crippen molar-refractivity contribution in [2.75, 3.05) is 33.9 Å². The van der Waals surface area contributed by atoms with E-state index in [1.54, 1.807) is 7.11 Å². The summed E-state index contributed by atoms with van der Waals surface area (Å²) in [6.07, 6.45) is 7.02. The molecule has 1 aliphatic rings. The van der Waals surface area contributed by atoms with Crippen LogP contribution in [0.5, 0.6) is 0 Å². The van der Waals surface area contributed by atoms with Crippen molar-refractivity contribution in [1.29, 1.82) is 0 Å². The summed E-state index contributed by atoms with van der Waals surface area (Å²) in [7, 11) is 3.60. The van der Waals surface area contributed by atoms with Gasteiger partial charge < -0.3 is 19.9 Å². The molecule has 1 fully saturated rings. The molecule has 1 heterocycles. The van der Waals surface area contributed by atoms with E-state index >= 15 is 0 Å². The molecule has 136 valence electrons. The number of aromatic nitrogens is 1. The second-order valence-corrected chi connectivity index (χ2v) is 6.86. The molecule has 0 spiro atoms. The van der Waals surface area contributed by atoms with Crippen molar-refractivity contribution in [3.8, 4) is 0 Å². The molecule has 1 saturated carbocycles. The van der Waals surface area contributed by atoms with Gasteiger partial charge in [-0.2, -0.15) is 0 Å². The lowest BCUT2D eigenvalue weighted by Gasteiger charge is -2.42. The summed E-state index contributed by atoms with van der Waals surface area (Å²) in [6, 6.07) is 0. The van der Waals surface area contributed by atoms with Crippen molar-refractivity contribution >= 4 is 5.96 Å². The van der Waals surface area contributed by atoms with Crippen LogP contribution in [0, 0.1) is 19.3 Å². The fraction of sp³-hybridized carbons (Fsp3) is 0.778. The average Bonchev–Trinajstić information content (AvgIpc) is 2.86. The Morgan fingerprint density at radius 1 is 1.33 bits per heavy atom. The van der Waals surface area contributed by atoms with Gasteiger partial charge in [-0.1, -0.05) is 11.6 Å². The third kappa shape index (κ3) is 4.97. The minimum absolute atomic E-state index is 0.393. The molecule has 1 aliphatic carbocycles. The molecule has 0 bridgehead atoms. The number of methoxy groups -OCH3 is 1. The Bertz CT molecular complexity index is 516. The largest absolute Gasteiger partial charge is 0.385 e. The fourth-order valence-electron chi connectivity index (χ4n) is 3.33. The van der Waals surface area contributed by atoms with Gasteiger partial charge in [0.05, 0.1) is 5.69 Å². The molecule has 0 aromatic carbocycles. The lowest BCUT2D eigenvalue weighted by molar-refractivity contribution is 0.0732. The average molecular weight is 336 g/mol. The summed E-state index contributed by atoms with van der Waals surface area (Å²) in [5.41, 5.74) is 2.62. The zero-order chi connectivity index (χ0) is 17.4. The highest BCUT2D eigenvalue weighted by atomic mass is 16.5. The Morgan fingerprint density at radius 3 is 2.67 bits per heavy atom. The maximum absolute atomic E-state index is 5.25. The van der Waals surface area contributed by atoms with Crippen molar-refractivity contribution in [2.24, 2.45) is 10.4 Å². The molecule has 1 aromatic rings. The molecule has 0 saturated heterocycles. The van der Waals surface area contributed by atoms with Crippen LogP contribution in [-0.4, -0.2) is 45.0 Å². The highest BCUT2D eigenvalue weighted by Crippen LogP contribution is 2.43. The van der Waals surface area contributed by atoms with Gasteiger partial charge in [0.25, 0.3) is 0 Å². The first-order valence-corrected chi connectivity index (χ1v) is 8.95. The number of aryl methyl sites for hydroxylation is 2. The monoisotopic (exact) mass is 336 g/mol. The van der Waals surface area contributed by atoms with Crippen LogP contribution in [0.15, 0.2) is 9.52 Å². The summed E-state index contributed by atoms with van der Waals surface area (Å²) in [4.78, 5) is 4.33. The van der Waals surface area contributed by atoms with E-state index in [0.29, 0.717) is 5.41 Å². The van der Waals surface area contributed by atoms with E-state index in [2.05, 4.69) is 20.8 Å². The van der Waals surface area contributed by atoms with Crippen LogP contribution in [-0.2, 0) is 11.2 Å². The second-order valence-electron chi connectivity index (χ2n) is 6.86. The van der Waals surface area contributed by atoms with Crippen LogP contribution in [0.25, 0.3) is 0 Å². The van der Waals surface area contributed by atoms with Crippen molar-refractivity contribution in [3.63, 3.8) is 0 Å². The van der Waals surface area contributed by atoms with Gasteiger partial charge in [0.15, 0.2) is 5.96 Å². The van der Waals surface area contributed by atoms with Gasteiger partial charge in [0.2, 0.25) is 0 Å². The molecule has 6 nitrogen and oxygen atoms in total. The standard InChI is InChI=1S/C18H32N4O2/c1-14-16(15(2)24-22-14)7-5-11-20-17(19-3)21-13-18(8-6-9-18)10-12-23-4/h5-13H2,1-4H3,(H2,19,20,21). The molecule has 0 amide bonds.